The largest absolute Gasteiger partial charge is 0.480 e. The summed E-state index contributed by atoms with van der Waals surface area (Å²) in [6.07, 6.45) is 2.33. The molecule has 14 nitrogen and oxygen atoms in total. The van der Waals surface area contributed by atoms with Crippen LogP contribution in [0.5, 0.6) is 0 Å². The number of nitrogens with two attached hydrogens (primary N) is 2. The molecule has 0 spiro atoms. The van der Waals surface area contributed by atoms with E-state index < -0.39 is 66.8 Å². The number of carboxylic acid groups (broad SMARTS) is 1. The fourth-order valence-corrected chi connectivity index (χ4v) is 3.20. The number of amides is 4. The predicted octanol–water partition coefficient (Wildman–Crippen LogP) is -3.07. The molecule has 0 aliphatic heterocycles. The summed E-state index contributed by atoms with van der Waals surface area (Å²) in [6, 6.07) is 3.07. The number of nitrogens with one attached hydrogen (secondary N) is 4. The highest BCUT2D eigenvalue weighted by Gasteiger charge is 2.31. The Labute approximate surface area is 205 Å². The Balaban J connectivity index is 2.17. The van der Waals surface area contributed by atoms with E-state index in [1.807, 2.05) is 0 Å². The highest BCUT2D eigenvalue weighted by molar-refractivity contribution is 5.96. The van der Waals surface area contributed by atoms with Gasteiger partial charge in [-0.1, -0.05) is 30.3 Å². The third kappa shape index (κ3) is 8.81. The second-order valence-corrected chi connectivity index (χ2v) is 7.95. The van der Waals surface area contributed by atoms with Gasteiger partial charge in [-0.25, -0.2) is 9.78 Å². The molecule has 4 atom stereocenters. The quantitative estimate of drug-likeness (QED) is 0.130. The summed E-state index contributed by atoms with van der Waals surface area (Å²) < 4.78 is 0. The molecule has 0 bridgehead atoms. The molecule has 36 heavy (non-hydrogen) atoms. The van der Waals surface area contributed by atoms with Crippen LogP contribution in [-0.4, -0.2) is 80.6 Å². The molecule has 0 fully saturated rings. The SMILES string of the molecule is NC(=O)CC(NC(=O)C(N)Cc1cnc[nH]1)C(=O)NC(Cc1ccccc1)C(=O)NC(CO)C(=O)O. The van der Waals surface area contributed by atoms with E-state index in [0.29, 0.717) is 11.3 Å². The van der Waals surface area contributed by atoms with Crippen LogP contribution in [-0.2, 0) is 36.8 Å². The van der Waals surface area contributed by atoms with Crippen molar-refractivity contribution in [2.75, 3.05) is 6.61 Å². The first-order valence-electron chi connectivity index (χ1n) is 10.9. The Hall–Kier alpha value is -4.30. The highest BCUT2D eigenvalue weighted by atomic mass is 16.4. The number of imidazole rings is 1. The number of carbonyl (C=O) groups excluding carboxylic acids is 4. The van der Waals surface area contributed by atoms with Crippen molar-refractivity contribution in [2.24, 2.45) is 11.5 Å². The molecule has 2 rings (SSSR count). The number of hydrogen-bond donors (Lipinski definition) is 8. The zero-order chi connectivity index (χ0) is 26.7. The number of H-pyrrole nitrogens is 1. The Morgan fingerprint density at radius 1 is 0.917 bits per heavy atom. The van der Waals surface area contributed by atoms with Crippen molar-refractivity contribution in [3.05, 3.63) is 54.1 Å². The number of aliphatic hydroxyl groups excluding tert-OH is 1. The van der Waals surface area contributed by atoms with E-state index in [1.54, 1.807) is 30.3 Å². The summed E-state index contributed by atoms with van der Waals surface area (Å²) >= 11 is 0. The minimum Gasteiger partial charge on any atom is -0.480 e. The maximum absolute atomic E-state index is 13.0. The van der Waals surface area contributed by atoms with Crippen LogP contribution in [0.15, 0.2) is 42.9 Å². The molecule has 0 radical (unpaired) electrons. The van der Waals surface area contributed by atoms with Gasteiger partial charge in [0.25, 0.3) is 0 Å². The van der Waals surface area contributed by atoms with E-state index in [1.165, 1.54) is 12.5 Å². The molecule has 2 aromatic rings. The molecule has 194 valence electrons. The van der Waals surface area contributed by atoms with Gasteiger partial charge >= 0.3 is 5.97 Å². The molecule has 0 saturated carbocycles. The smallest absolute Gasteiger partial charge is 0.328 e. The third-order valence-corrected chi connectivity index (χ3v) is 5.08. The van der Waals surface area contributed by atoms with Crippen LogP contribution in [0.1, 0.15) is 17.7 Å². The number of benzene rings is 1. The van der Waals surface area contributed by atoms with Gasteiger partial charge in [-0.15, -0.1) is 0 Å². The lowest BCUT2D eigenvalue weighted by molar-refractivity contribution is -0.143. The summed E-state index contributed by atoms with van der Waals surface area (Å²) in [6.45, 7) is -0.873. The van der Waals surface area contributed by atoms with Crippen molar-refractivity contribution in [1.82, 2.24) is 25.9 Å². The van der Waals surface area contributed by atoms with Crippen molar-refractivity contribution >= 4 is 29.6 Å². The average Bonchev–Trinajstić information content (AvgIpc) is 3.34. The van der Waals surface area contributed by atoms with Crippen LogP contribution >= 0.6 is 0 Å². The lowest BCUT2D eigenvalue weighted by atomic mass is 10.0. The Bertz CT molecular complexity index is 1050. The highest BCUT2D eigenvalue weighted by Crippen LogP contribution is 2.06. The molecular weight excluding hydrogens is 474 g/mol. The van der Waals surface area contributed by atoms with Gasteiger partial charge in [0, 0.05) is 24.7 Å². The van der Waals surface area contributed by atoms with Gasteiger partial charge in [-0.05, 0) is 5.56 Å². The van der Waals surface area contributed by atoms with Gasteiger partial charge in [-0.2, -0.15) is 0 Å². The third-order valence-electron chi connectivity index (χ3n) is 5.08. The van der Waals surface area contributed by atoms with E-state index in [2.05, 4.69) is 25.9 Å². The van der Waals surface area contributed by atoms with Crippen molar-refractivity contribution in [3.63, 3.8) is 0 Å². The van der Waals surface area contributed by atoms with E-state index in [0.717, 1.165) is 0 Å². The lowest BCUT2D eigenvalue weighted by Gasteiger charge is -2.24. The maximum Gasteiger partial charge on any atom is 0.328 e. The second kappa shape index (κ2) is 13.6. The Morgan fingerprint density at radius 2 is 1.53 bits per heavy atom. The summed E-state index contributed by atoms with van der Waals surface area (Å²) in [4.78, 5) is 67.8. The second-order valence-electron chi connectivity index (χ2n) is 7.95. The fourth-order valence-electron chi connectivity index (χ4n) is 3.20. The van der Waals surface area contributed by atoms with Gasteiger partial charge in [0.05, 0.1) is 25.4 Å². The lowest BCUT2D eigenvalue weighted by Crippen LogP contribution is -2.58. The molecule has 1 heterocycles. The number of aromatic amines is 1. The predicted molar refractivity (Wildman–Crippen MR) is 125 cm³/mol. The molecule has 10 N–H and O–H groups in total. The Morgan fingerprint density at radius 3 is 2.08 bits per heavy atom. The number of aromatic nitrogens is 2. The van der Waals surface area contributed by atoms with Crippen molar-refractivity contribution in [1.29, 1.82) is 0 Å². The molecular formula is C22H29N7O7. The topological polar surface area (TPSA) is 243 Å². The van der Waals surface area contributed by atoms with E-state index in [4.69, 9.17) is 16.6 Å². The molecule has 0 aliphatic rings. The van der Waals surface area contributed by atoms with Crippen LogP contribution < -0.4 is 27.4 Å². The van der Waals surface area contributed by atoms with Gasteiger partial charge in [0.1, 0.15) is 18.1 Å². The summed E-state index contributed by atoms with van der Waals surface area (Å²) in [5.74, 6) is -4.92. The fraction of sp³-hybridized carbons (Fsp3) is 0.364. The molecule has 0 aliphatic carbocycles. The number of nitrogens with zero attached hydrogens (tertiary/aromatic N) is 1. The first-order valence-corrected chi connectivity index (χ1v) is 10.9. The number of carboxylic acids is 1. The van der Waals surface area contributed by atoms with Crippen molar-refractivity contribution in [3.8, 4) is 0 Å². The van der Waals surface area contributed by atoms with Gasteiger partial charge in [0.2, 0.25) is 23.6 Å². The molecule has 4 amide bonds. The van der Waals surface area contributed by atoms with Crippen LogP contribution in [0, 0.1) is 0 Å². The number of rotatable bonds is 14. The van der Waals surface area contributed by atoms with Crippen molar-refractivity contribution < 1.29 is 34.2 Å². The maximum atomic E-state index is 13.0. The molecule has 0 saturated heterocycles. The zero-order valence-corrected chi connectivity index (χ0v) is 19.2. The molecule has 1 aromatic carbocycles. The van der Waals surface area contributed by atoms with Gasteiger partial charge in [0.15, 0.2) is 0 Å². The van der Waals surface area contributed by atoms with E-state index >= 15 is 0 Å². The average molecular weight is 504 g/mol. The molecule has 14 heteroatoms. The molecule has 1 aromatic heterocycles. The molecule has 4 unspecified atom stereocenters. The van der Waals surface area contributed by atoms with E-state index in [9.17, 15) is 29.1 Å². The van der Waals surface area contributed by atoms with Gasteiger partial charge < -0.3 is 42.6 Å². The van der Waals surface area contributed by atoms with E-state index in [-0.39, 0.29) is 12.8 Å². The van der Waals surface area contributed by atoms with Crippen LogP contribution in [0.4, 0.5) is 0 Å². The minimum atomic E-state index is -1.60. The van der Waals surface area contributed by atoms with Crippen molar-refractivity contribution in [2.45, 2.75) is 43.4 Å². The number of carbonyl (C=O) groups is 5. The summed E-state index contributed by atoms with van der Waals surface area (Å²) in [7, 11) is 0. The first kappa shape index (κ1) is 27.9. The van der Waals surface area contributed by atoms with Crippen LogP contribution in [0.3, 0.4) is 0 Å². The standard InChI is InChI=1S/C22H29N7O7/c23-14(7-13-9-25-11-26-13)19(32)27-16(8-18(24)31)21(34)28-15(6-12-4-2-1-3-5-12)20(33)29-17(10-30)22(35)36/h1-5,9,11,14-17,30H,6-8,10,23H2,(H2,24,31)(H,25,26)(H,27,32)(H,28,34)(H,29,33)(H,35,36). The number of aliphatic hydroxyl groups is 1. The zero-order valence-electron chi connectivity index (χ0n) is 19.2. The number of aliphatic carboxylic acids is 1. The number of hydrogen-bond acceptors (Lipinski definition) is 8. The first-order chi connectivity index (χ1) is 17.1. The summed E-state index contributed by atoms with van der Waals surface area (Å²) in [5.41, 5.74) is 12.3. The summed E-state index contributed by atoms with van der Waals surface area (Å²) in [5, 5.41) is 25.3. The monoisotopic (exact) mass is 503 g/mol. The Kier molecular flexibility index (Phi) is 10.5. The normalized spacial score (nSPS) is 14.1. The van der Waals surface area contributed by atoms with Crippen LogP contribution in [0.25, 0.3) is 0 Å². The van der Waals surface area contributed by atoms with Gasteiger partial charge in [-0.3, -0.25) is 19.2 Å². The number of primary amides is 1. The van der Waals surface area contributed by atoms with Crippen LogP contribution in [0.2, 0.25) is 0 Å². The minimum absolute atomic E-state index is 0.0489.